The Balaban J connectivity index is 2.14. The summed E-state index contributed by atoms with van der Waals surface area (Å²) in [5.74, 6) is 0.803. The van der Waals surface area contributed by atoms with Crippen molar-refractivity contribution >= 4 is 22.7 Å². The van der Waals surface area contributed by atoms with Gasteiger partial charge in [0.15, 0.2) is 0 Å². The van der Waals surface area contributed by atoms with Crippen molar-refractivity contribution in [2.75, 3.05) is 11.1 Å². The first kappa shape index (κ1) is 14.7. The summed E-state index contributed by atoms with van der Waals surface area (Å²) in [5.41, 5.74) is 7.63. The fraction of sp³-hybridized carbons (Fsp3) is 0.375. The summed E-state index contributed by atoms with van der Waals surface area (Å²) in [6.45, 7) is 8.29. The minimum Gasteiger partial charge on any atom is -0.491 e. The Bertz CT molecular complexity index is 578. The van der Waals surface area contributed by atoms with Crippen LogP contribution in [0.2, 0.25) is 0 Å². The smallest absolute Gasteiger partial charge is 0.123 e. The zero-order chi connectivity index (χ0) is 14.7. The van der Waals surface area contributed by atoms with Crippen molar-refractivity contribution in [2.45, 2.75) is 39.8 Å². The van der Waals surface area contributed by atoms with Gasteiger partial charge in [-0.05, 0) is 45.9 Å². The fourth-order valence-corrected chi connectivity index (χ4v) is 2.93. The average Bonchev–Trinajstić information content (AvgIpc) is 2.74. The molecule has 1 atom stereocenters. The fourth-order valence-electron chi connectivity index (χ4n) is 2.05. The Morgan fingerprint density at radius 2 is 1.90 bits per heavy atom. The number of thiophene rings is 1. The number of nitrogens with one attached hydrogen (secondary N) is 1. The van der Waals surface area contributed by atoms with Gasteiger partial charge in [0.2, 0.25) is 0 Å². The minimum atomic E-state index is 0.141. The molecule has 1 aromatic heterocycles. The minimum absolute atomic E-state index is 0.141. The molecular weight excluding hydrogens is 268 g/mol. The topological polar surface area (TPSA) is 47.3 Å². The van der Waals surface area contributed by atoms with Crippen molar-refractivity contribution in [3.8, 4) is 5.75 Å². The molecule has 3 N–H and O–H groups in total. The zero-order valence-corrected chi connectivity index (χ0v) is 13.3. The predicted molar refractivity (Wildman–Crippen MR) is 87.7 cm³/mol. The first-order valence-electron chi connectivity index (χ1n) is 6.84. The van der Waals surface area contributed by atoms with Crippen molar-refractivity contribution in [1.29, 1.82) is 0 Å². The van der Waals surface area contributed by atoms with E-state index < -0.39 is 0 Å². The van der Waals surface area contributed by atoms with Gasteiger partial charge >= 0.3 is 0 Å². The van der Waals surface area contributed by atoms with E-state index in [9.17, 15) is 0 Å². The van der Waals surface area contributed by atoms with Gasteiger partial charge in [0, 0.05) is 33.3 Å². The standard InChI is InChI=1S/C16H22N2OS/c1-10(2)19-15-8-13(17)7-14(9-15)18-12(4)16-6-5-11(3)20-16/h5-10,12,18H,17H2,1-4H3. The summed E-state index contributed by atoms with van der Waals surface area (Å²) >= 11 is 1.81. The lowest BCUT2D eigenvalue weighted by Crippen LogP contribution is -2.08. The summed E-state index contributed by atoms with van der Waals surface area (Å²) in [7, 11) is 0. The summed E-state index contributed by atoms with van der Waals surface area (Å²) < 4.78 is 5.71. The molecule has 1 aromatic carbocycles. The number of ether oxygens (including phenoxy) is 1. The highest BCUT2D eigenvalue weighted by molar-refractivity contribution is 7.12. The summed E-state index contributed by atoms with van der Waals surface area (Å²) in [4.78, 5) is 2.64. The molecule has 0 saturated heterocycles. The zero-order valence-electron chi connectivity index (χ0n) is 12.4. The van der Waals surface area contributed by atoms with E-state index in [0.29, 0.717) is 5.69 Å². The lowest BCUT2D eigenvalue weighted by molar-refractivity contribution is 0.242. The van der Waals surface area contributed by atoms with Crippen LogP contribution >= 0.6 is 11.3 Å². The Morgan fingerprint density at radius 1 is 1.15 bits per heavy atom. The molecule has 0 saturated carbocycles. The van der Waals surface area contributed by atoms with Gasteiger partial charge in [-0.1, -0.05) is 0 Å². The maximum atomic E-state index is 5.94. The lowest BCUT2D eigenvalue weighted by atomic mass is 10.2. The van der Waals surface area contributed by atoms with E-state index in [0.717, 1.165) is 11.4 Å². The van der Waals surface area contributed by atoms with Crippen molar-refractivity contribution in [3.63, 3.8) is 0 Å². The molecule has 108 valence electrons. The van der Waals surface area contributed by atoms with Crippen LogP contribution in [0.4, 0.5) is 11.4 Å². The van der Waals surface area contributed by atoms with E-state index in [1.54, 1.807) is 0 Å². The molecule has 0 bridgehead atoms. The number of hydrogen-bond donors (Lipinski definition) is 2. The Kier molecular flexibility index (Phi) is 4.55. The summed E-state index contributed by atoms with van der Waals surface area (Å²) in [5, 5.41) is 3.48. The molecular formula is C16H22N2OS. The number of hydrogen-bond acceptors (Lipinski definition) is 4. The molecule has 20 heavy (non-hydrogen) atoms. The van der Waals surface area contributed by atoms with Gasteiger partial charge in [-0.3, -0.25) is 0 Å². The van der Waals surface area contributed by atoms with Crippen LogP contribution in [0.15, 0.2) is 30.3 Å². The highest BCUT2D eigenvalue weighted by Gasteiger charge is 2.09. The summed E-state index contributed by atoms with van der Waals surface area (Å²) in [6, 6.07) is 10.3. The largest absolute Gasteiger partial charge is 0.491 e. The number of anilines is 2. The SMILES string of the molecule is Cc1ccc(C(C)Nc2cc(N)cc(OC(C)C)c2)s1. The van der Waals surface area contributed by atoms with E-state index >= 15 is 0 Å². The van der Waals surface area contributed by atoms with Crippen molar-refractivity contribution in [2.24, 2.45) is 0 Å². The van der Waals surface area contributed by atoms with E-state index in [-0.39, 0.29) is 12.1 Å². The van der Waals surface area contributed by atoms with Crippen LogP contribution < -0.4 is 15.8 Å². The normalized spacial score (nSPS) is 12.4. The number of benzene rings is 1. The molecule has 1 unspecified atom stereocenters. The van der Waals surface area contributed by atoms with Gasteiger partial charge in [-0.2, -0.15) is 0 Å². The lowest BCUT2D eigenvalue weighted by Gasteiger charge is -2.16. The molecule has 0 fully saturated rings. The summed E-state index contributed by atoms with van der Waals surface area (Å²) in [6.07, 6.45) is 0.141. The monoisotopic (exact) mass is 290 g/mol. The van der Waals surface area contributed by atoms with Crippen LogP contribution in [0.25, 0.3) is 0 Å². The molecule has 0 aliphatic rings. The quantitative estimate of drug-likeness (QED) is 0.791. The van der Waals surface area contributed by atoms with Gasteiger partial charge < -0.3 is 15.8 Å². The third-order valence-electron chi connectivity index (χ3n) is 2.87. The Hall–Kier alpha value is -1.68. The van der Waals surface area contributed by atoms with Crippen molar-refractivity contribution in [1.82, 2.24) is 0 Å². The second kappa shape index (κ2) is 6.18. The third-order valence-corrected chi connectivity index (χ3v) is 4.06. The van der Waals surface area contributed by atoms with Gasteiger partial charge in [-0.15, -0.1) is 11.3 Å². The molecule has 2 aromatic rings. The van der Waals surface area contributed by atoms with E-state index in [1.165, 1.54) is 9.75 Å². The third kappa shape index (κ3) is 3.90. The van der Waals surface area contributed by atoms with Crippen LogP contribution in [0.1, 0.15) is 36.6 Å². The number of nitrogen functional groups attached to an aromatic ring is 1. The predicted octanol–water partition coefficient (Wildman–Crippen LogP) is 4.60. The van der Waals surface area contributed by atoms with Crippen LogP contribution in [0, 0.1) is 6.92 Å². The Morgan fingerprint density at radius 3 is 2.50 bits per heavy atom. The molecule has 1 heterocycles. The second-order valence-corrected chi connectivity index (χ2v) is 6.59. The van der Waals surface area contributed by atoms with Gasteiger partial charge in [0.25, 0.3) is 0 Å². The molecule has 0 aliphatic carbocycles. The van der Waals surface area contributed by atoms with Crippen LogP contribution in [-0.4, -0.2) is 6.10 Å². The molecule has 0 radical (unpaired) electrons. The first-order valence-corrected chi connectivity index (χ1v) is 7.66. The van der Waals surface area contributed by atoms with Crippen LogP contribution in [-0.2, 0) is 0 Å². The van der Waals surface area contributed by atoms with Gasteiger partial charge in [0.05, 0.1) is 12.1 Å². The van der Waals surface area contributed by atoms with Gasteiger partial charge in [0.1, 0.15) is 5.75 Å². The second-order valence-electron chi connectivity index (χ2n) is 5.27. The highest BCUT2D eigenvalue weighted by atomic mass is 32.1. The molecule has 4 heteroatoms. The maximum absolute atomic E-state index is 5.94. The van der Waals surface area contributed by atoms with Crippen molar-refractivity contribution < 1.29 is 4.74 Å². The molecule has 0 amide bonds. The molecule has 3 nitrogen and oxygen atoms in total. The van der Waals surface area contributed by atoms with E-state index in [4.69, 9.17) is 10.5 Å². The molecule has 2 rings (SSSR count). The maximum Gasteiger partial charge on any atom is 0.123 e. The molecule has 0 aliphatic heterocycles. The van der Waals surface area contributed by atoms with Crippen LogP contribution in [0.3, 0.4) is 0 Å². The van der Waals surface area contributed by atoms with E-state index in [2.05, 4.69) is 31.3 Å². The number of rotatable bonds is 5. The number of aryl methyl sites for hydroxylation is 1. The van der Waals surface area contributed by atoms with E-state index in [1.807, 2.05) is 43.4 Å². The first-order chi connectivity index (χ1) is 9.44. The molecule has 0 spiro atoms. The van der Waals surface area contributed by atoms with Crippen molar-refractivity contribution in [3.05, 3.63) is 40.1 Å². The highest BCUT2D eigenvalue weighted by Crippen LogP contribution is 2.29. The number of nitrogens with two attached hydrogens (primary N) is 1. The van der Waals surface area contributed by atoms with Crippen LogP contribution in [0.5, 0.6) is 5.75 Å². The van der Waals surface area contributed by atoms with Gasteiger partial charge in [-0.25, -0.2) is 0 Å². The average molecular weight is 290 g/mol. The Labute approximate surface area is 124 Å².